The van der Waals surface area contributed by atoms with E-state index in [1.54, 1.807) is 5.51 Å². The first-order chi connectivity index (χ1) is 8.20. The van der Waals surface area contributed by atoms with Crippen molar-refractivity contribution in [1.29, 1.82) is 0 Å². The standard InChI is InChI=1S/C11H17N3O2S/c15-9(16)6-11(4-2-1-3-5-11)7-12-10-14-13-8-17-10/h8H,1-7H2,(H,12,14)(H,15,16). The Labute approximate surface area is 104 Å². The highest BCUT2D eigenvalue weighted by Gasteiger charge is 2.34. The van der Waals surface area contributed by atoms with E-state index in [0.717, 1.165) is 30.8 Å². The van der Waals surface area contributed by atoms with E-state index < -0.39 is 5.97 Å². The first kappa shape index (κ1) is 12.3. The predicted molar refractivity (Wildman–Crippen MR) is 66.2 cm³/mol. The Kier molecular flexibility index (Phi) is 3.93. The van der Waals surface area contributed by atoms with E-state index in [0.29, 0.717) is 6.54 Å². The zero-order chi connectivity index (χ0) is 12.1. The highest BCUT2D eigenvalue weighted by molar-refractivity contribution is 7.13. The fourth-order valence-electron chi connectivity index (χ4n) is 2.55. The maximum atomic E-state index is 11.0. The Balaban J connectivity index is 1.97. The normalized spacial score (nSPS) is 18.8. The molecule has 17 heavy (non-hydrogen) atoms. The summed E-state index contributed by atoms with van der Waals surface area (Å²) in [6, 6.07) is 0. The number of aromatic nitrogens is 2. The molecule has 1 aromatic heterocycles. The molecule has 0 amide bonds. The Morgan fingerprint density at radius 3 is 2.82 bits per heavy atom. The zero-order valence-electron chi connectivity index (χ0n) is 9.69. The SMILES string of the molecule is O=C(O)CC1(CNc2nncs2)CCCCC1. The molecule has 5 nitrogen and oxygen atoms in total. The molecule has 1 saturated carbocycles. The van der Waals surface area contributed by atoms with Gasteiger partial charge in [-0.1, -0.05) is 30.6 Å². The lowest BCUT2D eigenvalue weighted by molar-refractivity contribution is -0.140. The molecule has 0 atom stereocenters. The third kappa shape index (κ3) is 3.39. The number of rotatable bonds is 5. The quantitative estimate of drug-likeness (QED) is 0.845. The summed E-state index contributed by atoms with van der Waals surface area (Å²) in [5.41, 5.74) is 1.57. The fraction of sp³-hybridized carbons (Fsp3) is 0.727. The third-order valence-electron chi connectivity index (χ3n) is 3.42. The third-order valence-corrected chi connectivity index (χ3v) is 4.06. The van der Waals surface area contributed by atoms with Crippen molar-refractivity contribution in [3.05, 3.63) is 5.51 Å². The first-order valence-electron chi connectivity index (χ1n) is 5.92. The molecule has 0 bridgehead atoms. The number of hydrogen-bond acceptors (Lipinski definition) is 5. The van der Waals surface area contributed by atoms with E-state index in [4.69, 9.17) is 5.11 Å². The summed E-state index contributed by atoms with van der Waals surface area (Å²) >= 11 is 1.45. The molecule has 1 aliphatic rings. The summed E-state index contributed by atoms with van der Waals surface area (Å²) in [7, 11) is 0. The Morgan fingerprint density at radius 2 is 2.24 bits per heavy atom. The van der Waals surface area contributed by atoms with Crippen molar-refractivity contribution in [3.8, 4) is 0 Å². The van der Waals surface area contributed by atoms with Crippen LogP contribution < -0.4 is 5.32 Å². The number of anilines is 1. The molecule has 1 aromatic rings. The van der Waals surface area contributed by atoms with Gasteiger partial charge in [-0.3, -0.25) is 4.79 Å². The minimum Gasteiger partial charge on any atom is -0.481 e. The molecule has 6 heteroatoms. The molecule has 1 fully saturated rings. The Bertz CT molecular complexity index is 361. The maximum Gasteiger partial charge on any atom is 0.303 e. The van der Waals surface area contributed by atoms with E-state index >= 15 is 0 Å². The minimum absolute atomic E-state index is 0.101. The van der Waals surface area contributed by atoms with Crippen LogP contribution in [0.25, 0.3) is 0 Å². The summed E-state index contributed by atoms with van der Waals surface area (Å²) in [5.74, 6) is -0.703. The van der Waals surface area contributed by atoms with Gasteiger partial charge in [-0.05, 0) is 18.3 Å². The van der Waals surface area contributed by atoms with Gasteiger partial charge in [-0.25, -0.2) is 0 Å². The molecule has 1 heterocycles. The second kappa shape index (κ2) is 5.44. The van der Waals surface area contributed by atoms with Gasteiger partial charge >= 0.3 is 5.97 Å². The Hall–Kier alpha value is -1.17. The van der Waals surface area contributed by atoms with Crippen LogP contribution in [0.3, 0.4) is 0 Å². The van der Waals surface area contributed by atoms with Crippen LogP contribution in [0.4, 0.5) is 5.13 Å². The van der Waals surface area contributed by atoms with Crippen molar-refractivity contribution in [3.63, 3.8) is 0 Å². The average molecular weight is 255 g/mol. The van der Waals surface area contributed by atoms with Crippen molar-refractivity contribution in [1.82, 2.24) is 10.2 Å². The molecule has 0 aromatic carbocycles. The van der Waals surface area contributed by atoms with Gasteiger partial charge in [0.1, 0.15) is 5.51 Å². The summed E-state index contributed by atoms with van der Waals surface area (Å²) in [6.45, 7) is 0.689. The molecule has 0 unspecified atom stereocenters. The van der Waals surface area contributed by atoms with E-state index in [1.165, 1.54) is 17.8 Å². The minimum atomic E-state index is -0.703. The van der Waals surface area contributed by atoms with Crippen LogP contribution in [-0.2, 0) is 4.79 Å². The van der Waals surface area contributed by atoms with E-state index in [-0.39, 0.29) is 11.8 Å². The van der Waals surface area contributed by atoms with Gasteiger partial charge in [0.2, 0.25) is 5.13 Å². The largest absolute Gasteiger partial charge is 0.481 e. The first-order valence-corrected chi connectivity index (χ1v) is 6.80. The number of nitrogens with one attached hydrogen (secondary N) is 1. The van der Waals surface area contributed by atoms with Gasteiger partial charge in [-0.2, -0.15) is 0 Å². The molecule has 0 aliphatic heterocycles. The average Bonchev–Trinajstić information content (AvgIpc) is 2.80. The summed E-state index contributed by atoms with van der Waals surface area (Å²) in [4.78, 5) is 11.0. The van der Waals surface area contributed by atoms with Crippen LogP contribution in [0.1, 0.15) is 38.5 Å². The number of carboxylic acid groups (broad SMARTS) is 1. The maximum absolute atomic E-state index is 11.0. The van der Waals surface area contributed by atoms with Crippen LogP contribution in [0.15, 0.2) is 5.51 Å². The lowest BCUT2D eigenvalue weighted by atomic mass is 9.72. The van der Waals surface area contributed by atoms with Crippen molar-refractivity contribution in [2.45, 2.75) is 38.5 Å². The molecule has 0 spiro atoms. The number of carboxylic acids is 1. The smallest absolute Gasteiger partial charge is 0.303 e. The van der Waals surface area contributed by atoms with Crippen LogP contribution in [0.5, 0.6) is 0 Å². The molecule has 2 N–H and O–H groups in total. The molecule has 1 aliphatic carbocycles. The second-order valence-electron chi connectivity index (χ2n) is 4.73. The van der Waals surface area contributed by atoms with Crippen molar-refractivity contribution in [2.24, 2.45) is 5.41 Å². The van der Waals surface area contributed by atoms with Crippen LogP contribution >= 0.6 is 11.3 Å². The van der Waals surface area contributed by atoms with E-state index in [9.17, 15) is 4.79 Å². The van der Waals surface area contributed by atoms with Gasteiger partial charge in [-0.15, -0.1) is 10.2 Å². The van der Waals surface area contributed by atoms with Crippen molar-refractivity contribution in [2.75, 3.05) is 11.9 Å². The lowest BCUT2D eigenvalue weighted by Gasteiger charge is -2.36. The van der Waals surface area contributed by atoms with E-state index in [1.807, 2.05) is 0 Å². The molecular weight excluding hydrogens is 238 g/mol. The van der Waals surface area contributed by atoms with Gasteiger partial charge in [0.05, 0.1) is 6.42 Å². The number of nitrogens with zero attached hydrogens (tertiary/aromatic N) is 2. The second-order valence-corrected chi connectivity index (χ2v) is 5.56. The number of carbonyl (C=O) groups is 1. The van der Waals surface area contributed by atoms with Gasteiger partial charge in [0.25, 0.3) is 0 Å². The number of aliphatic carboxylic acids is 1. The van der Waals surface area contributed by atoms with Crippen LogP contribution in [0, 0.1) is 5.41 Å². The topological polar surface area (TPSA) is 75.1 Å². The molecule has 0 saturated heterocycles. The number of hydrogen-bond donors (Lipinski definition) is 2. The molecule has 0 radical (unpaired) electrons. The molecule has 2 rings (SSSR count). The molecule has 94 valence electrons. The summed E-state index contributed by atoms with van der Waals surface area (Å²) < 4.78 is 0. The molecular formula is C11H17N3O2S. The van der Waals surface area contributed by atoms with E-state index in [2.05, 4.69) is 15.5 Å². The van der Waals surface area contributed by atoms with Crippen molar-refractivity contribution >= 4 is 22.4 Å². The summed E-state index contributed by atoms with van der Waals surface area (Å²) in [6.07, 6.45) is 5.71. The Morgan fingerprint density at radius 1 is 1.47 bits per heavy atom. The monoisotopic (exact) mass is 255 g/mol. The predicted octanol–water partition coefficient (Wildman–Crippen LogP) is 2.38. The summed E-state index contributed by atoms with van der Waals surface area (Å²) in [5, 5.41) is 20.7. The fourth-order valence-corrected chi connectivity index (χ4v) is 3.00. The highest BCUT2D eigenvalue weighted by atomic mass is 32.1. The highest BCUT2D eigenvalue weighted by Crippen LogP contribution is 2.39. The zero-order valence-corrected chi connectivity index (χ0v) is 10.5. The lowest BCUT2D eigenvalue weighted by Crippen LogP contribution is -2.34. The van der Waals surface area contributed by atoms with Crippen molar-refractivity contribution < 1.29 is 9.90 Å². The van der Waals surface area contributed by atoms with Crippen LogP contribution in [-0.4, -0.2) is 27.8 Å². The van der Waals surface area contributed by atoms with Gasteiger partial charge in [0.15, 0.2) is 0 Å². The van der Waals surface area contributed by atoms with Gasteiger partial charge < -0.3 is 10.4 Å². The van der Waals surface area contributed by atoms with Gasteiger partial charge in [0, 0.05) is 6.54 Å². The van der Waals surface area contributed by atoms with Crippen LogP contribution in [0.2, 0.25) is 0 Å².